The molecule has 2 aromatic rings. The Morgan fingerprint density at radius 3 is 2.35 bits per heavy atom. The van der Waals surface area contributed by atoms with Crippen LogP contribution >= 0.6 is 0 Å². The Morgan fingerprint density at radius 1 is 0.882 bits per heavy atom. The fourth-order valence-electron chi connectivity index (χ4n) is 1.84. The Labute approximate surface area is 99.8 Å². The fourth-order valence-corrected chi connectivity index (χ4v) is 1.84. The van der Waals surface area contributed by atoms with E-state index in [1.165, 1.54) is 0 Å². The van der Waals surface area contributed by atoms with Crippen molar-refractivity contribution in [3.63, 3.8) is 0 Å². The van der Waals surface area contributed by atoms with E-state index >= 15 is 0 Å². The summed E-state index contributed by atoms with van der Waals surface area (Å²) in [6, 6.07) is 13.8. The fraction of sp³-hybridized carbons (Fsp3) is 0.0667. The smallest absolute Gasteiger partial charge is 0.231 e. The van der Waals surface area contributed by atoms with Gasteiger partial charge >= 0.3 is 0 Å². The van der Waals surface area contributed by atoms with Crippen LogP contribution in [0.25, 0.3) is 11.1 Å². The van der Waals surface area contributed by atoms with Crippen molar-refractivity contribution in [2.45, 2.75) is 0 Å². The van der Waals surface area contributed by atoms with Crippen molar-refractivity contribution in [1.82, 2.24) is 0 Å². The molecule has 1 aliphatic rings. The quantitative estimate of drug-likeness (QED) is 0.690. The minimum absolute atomic E-state index is 0.300. The number of fused-ring (bicyclic) bond motifs is 1. The zero-order chi connectivity index (χ0) is 11.7. The van der Waals surface area contributed by atoms with Crippen LogP contribution in [0.15, 0.2) is 42.5 Å². The van der Waals surface area contributed by atoms with Gasteiger partial charge in [-0.25, -0.2) is 0 Å². The third kappa shape index (κ3) is 1.72. The average molecular weight is 222 g/mol. The largest absolute Gasteiger partial charge is 0.454 e. The molecule has 0 spiro atoms. The summed E-state index contributed by atoms with van der Waals surface area (Å²) in [6.45, 7) is 0.300. The number of terminal acetylenes is 1. The van der Waals surface area contributed by atoms with E-state index in [4.69, 9.17) is 15.9 Å². The molecule has 1 heterocycles. The molecule has 0 aliphatic carbocycles. The van der Waals surface area contributed by atoms with Gasteiger partial charge in [0.05, 0.1) is 0 Å². The van der Waals surface area contributed by atoms with Crippen molar-refractivity contribution in [3.05, 3.63) is 48.0 Å². The van der Waals surface area contributed by atoms with Gasteiger partial charge in [0.15, 0.2) is 11.5 Å². The van der Waals surface area contributed by atoms with E-state index in [9.17, 15) is 0 Å². The van der Waals surface area contributed by atoms with E-state index in [0.29, 0.717) is 6.79 Å². The number of benzene rings is 2. The lowest BCUT2D eigenvalue weighted by molar-refractivity contribution is 0.174. The van der Waals surface area contributed by atoms with Gasteiger partial charge < -0.3 is 9.47 Å². The normalized spacial score (nSPS) is 12.2. The Balaban J connectivity index is 2.01. The highest BCUT2D eigenvalue weighted by molar-refractivity contribution is 5.68. The number of rotatable bonds is 1. The average Bonchev–Trinajstić information content (AvgIpc) is 2.86. The first-order valence-corrected chi connectivity index (χ1v) is 5.33. The van der Waals surface area contributed by atoms with Crippen molar-refractivity contribution in [2.24, 2.45) is 0 Å². The maximum absolute atomic E-state index is 5.35. The van der Waals surface area contributed by atoms with Crippen LogP contribution in [-0.4, -0.2) is 6.79 Å². The molecular formula is C15H10O2. The second-order valence-electron chi connectivity index (χ2n) is 3.79. The number of ether oxygens (including phenoxy) is 2. The van der Waals surface area contributed by atoms with Gasteiger partial charge in [-0.15, -0.1) is 6.42 Å². The molecule has 1 aliphatic heterocycles. The third-order valence-electron chi connectivity index (χ3n) is 2.76. The summed E-state index contributed by atoms with van der Waals surface area (Å²) in [5.41, 5.74) is 3.09. The minimum Gasteiger partial charge on any atom is -0.454 e. The van der Waals surface area contributed by atoms with Gasteiger partial charge in [0.25, 0.3) is 0 Å². The van der Waals surface area contributed by atoms with Gasteiger partial charge in [-0.1, -0.05) is 24.1 Å². The van der Waals surface area contributed by atoms with Crippen LogP contribution in [0.3, 0.4) is 0 Å². The molecule has 0 fully saturated rings. The van der Waals surface area contributed by atoms with Crippen LogP contribution in [0.1, 0.15) is 5.56 Å². The first-order chi connectivity index (χ1) is 8.36. The molecule has 0 radical (unpaired) electrons. The minimum atomic E-state index is 0.300. The Morgan fingerprint density at radius 2 is 1.59 bits per heavy atom. The molecule has 0 atom stereocenters. The predicted octanol–water partition coefficient (Wildman–Crippen LogP) is 3.06. The van der Waals surface area contributed by atoms with Gasteiger partial charge in [0, 0.05) is 5.56 Å². The van der Waals surface area contributed by atoms with E-state index < -0.39 is 0 Å². The molecule has 17 heavy (non-hydrogen) atoms. The first-order valence-electron chi connectivity index (χ1n) is 5.33. The molecule has 0 saturated carbocycles. The topological polar surface area (TPSA) is 18.5 Å². The van der Waals surface area contributed by atoms with Gasteiger partial charge in [0.2, 0.25) is 6.79 Å². The molecule has 2 heteroatoms. The van der Waals surface area contributed by atoms with E-state index in [1.807, 2.05) is 42.5 Å². The van der Waals surface area contributed by atoms with E-state index in [1.54, 1.807) is 0 Å². The first kappa shape index (κ1) is 9.80. The molecule has 0 amide bonds. The lowest BCUT2D eigenvalue weighted by Gasteiger charge is -2.03. The molecule has 2 aromatic carbocycles. The predicted molar refractivity (Wildman–Crippen MR) is 65.9 cm³/mol. The number of hydrogen-bond acceptors (Lipinski definition) is 2. The Kier molecular flexibility index (Phi) is 2.23. The summed E-state index contributed by atoms with van der Waals surface area (Å²) in [5, 5.41) is 0. The van der Waals surface area contributed by atoms with Crippen molar-refractivity contribution in [1.29, 1.82) is 0 Å². The standard InChI is InChI=1S/C15H10O2/c1-2-11-3-5-12(6-4-11)13-7-8-14-15(9-13)17-10-16-14/h1,3-9H,10H2. The summed E-state index contributed by atoms with van der Waals surface area (Å²) in [5.74, 6) is 4.20. The van der Waals surface area contributed by atoms with Crippen LogP contribution in [0.5, 0.6) is 11.5 Å². The summed E-state index contributed by atoms with van der Waals surface area (Å²) < 4.78 is 10.6. The molecular weight excluding hydrogens is 212 g/mol. The lowest BCUT2D eigenvalue weighted by Crippen LogP contribution is -1.92. The van der Waals surface area contributed by atoms with Gasteiger partial charge in [0.1, 0.15) is 0 Å². The highest BCUT2D eigenvalue weighted by Crippen LogP contribution is 2.35. The Hall–Kier alpha value is -2.40. The second-order valence-corrected chi connectivity index (χ2v) is 3.79. The summed E-state index contributed by atoms with van der Waals surface area (Å²) in [7, 11) is 0. The monoisotopic (exact) mass is 222 g/mol. The highest BCUT2D eigenvalue weighted by atomic mass is 16.7. The molecule has 3 rings (SSSR count). The molecule has 82 valence electrons. The van der Waals surface area contributed by atoms with Crippen molar-refractivity contribution in [2.75, 3.05) is 6.79 Å². The maximum atomic E-state index is 5.35. The second kappa shape index (κ2) is 3.88. The number of hydrogen-bond donors (Lipinski definition) is 0. The summed E-state index contributed by atoms with van der Waals surface area (Å²) in [4.78, 5) is 0. The van der Waals surface area contributed by atoms with Crippen LogP contribution in [-0.2, 0) is 0 Å². The summed E-state index contributed by atoms with van der Waals surface area (Å²) in [6.07, 6.45) is 5.33. The lowest BCUT2D eigenvalue weighted by atomic mass is 10.0. The molecule has 0 unspecified atom stereocenters. The van der Waals surface area contributed by atoms with Gasteiger partial charge in [-0.3, -0.25) is 0 Å². The van der Waals surface area contributed by atoms with Gasteiger partial charge in [-0.05, 0) is 35.4 Å². The van der Waals surface area contributed by atoms with Crippen LogP contribution < -0.4 is 9.47 Å². The van der Waals surface area contributed by atoms with Crippen molar-refractivity contribution < 1.29 is 9.47 Å². The maximum Gasteiger partial charge on any atom is 0.231 e. The third-order valence-corrected chi connectivity index (χ3v) is 2.76. The van der Waals surface area contributed by atoms with Crippen molar-refractivity contribution >= 4 is 0 Å². The summed E-state index contributed by atoms with van der Waals surface area (Å²) >= 11 is 0. The SMILES string of the molecule is C#Cc1ccc(-c2ccc3c(c2)OCO3)cc1. The van der Waals surface area contributed by atoms with Crippen LogP contribution in [0, 0.1) is 12.3 Å². The zero-order valence-electron chi connectivity index (χ0n) is 9.14. The molecule has 0 bridgehead atoms. The molecule has 0 N–H and O–H groups in total. The molecule has 0 saturated heterocycles. The molecule has 2 nitrogen and oxygen atoms in total. The van der Waals surface area contributed by atoms with E-state index in [0.717, 1.165) is 28.2 Å². The van der Waals surface area contributed by atoms with E-state index in [2.05, 4.69) is 5.92 Å². The van der Waals surface area contributed by atoms with E-state index in [-0.39, 0.29) is 0 Å². The highest BCUT2D eigenvalue weighted by Gasteiger charge is 2.13. The Bertz CT molecular complexity index is 591. The zero-order valence-corrected chi connectivity index (χ0v) is 9.14. The van der Waals surface area contributed by atoms with Crippen molar-refractivity contribution in [3.8, 4) is 35.0 Å². The van der Waals surface area contributed by atoms with Gasteiger partial charge in [-0.2, -0.15) is 0 Å². The van der Waals surface area contributed by atoms with Crippen LogP contribution in [0.2, 0.25) is 0 Å². The molecule has 0 aromatic heterocycles. The van der Waals surface area contributed by atoms with Crippen LogP contribution in [0.4, 0.5) is 0 Å².